The Morgan fingerprint density at radius 1 is 1.13 bits per heavy atom. The van der Waals surface area contributed by atoms with Crippen molar-refractivity contribution in [2.24, 2.45) is 5.92 Å². The molecule has 0 amide bonds. The fourth-order valence-electron chi connectivity index (χ4n) is 2.79. The molecular formula is C16H17N3O3S. The summed E-state index contributed by atoms with van der Waals surface area (Å²) in [7, 11) is -3.74. The van der Waals surface area contributed by atoms with Crippen LogP contribution < -0.4 is 4.72 Å². The maximum atomic E-state index is 12.4. The summed E-state index contributed by atoms with van der Waals surface area (Å²) < 4.78 is 27.1. The minimum atomic E-state index is -3.74. The quantitative estimate of drug-likeness (QED) is 0.932. The van der Waals surface area contributed by atoms with Gasteiger partial charge < -0.3 is 0 Å². The Morgan fingerprint density at radius 2 is 1.83 bits per heavy atom. The first-order chi connectivity index (χ1) is 10.9. The van der Waals surface area contributed by atoms with Crippen molar-refractivity contribution < 1.29 is 13.2 Å². The predicted octanol–water partition coefficient (Wildman–Crippen LogP) is 2.35. The number of hydrogen-bond donors (Lipinski definition) is 1. The number of sulfonamides is 1. The highest BCUT2D eigenvalue weighted by Gasteiger charge is 2.27. The number of carbonyl (C=O) groups excluding carboxylic acids is 1. The van der Waals surface area contributed by atoms with Gasteiger partial charge in [0.1, 0.15) is 0 Å². The third-order valence-electron chi connectivity index (χ3n) is 3.80. The number of ketones is 1. The Morgan fingerprint density at radius 3 is 2.52 bits per heavy atom. The van der Waals surface area contributed by atoms with Gasteiger partial charge in [0.2, 0.25) is 5.95 Å². The minimum Gasteiger partial charge on any atom is -0.294 e. The molecule has 1 heterocycles. The van der Waals surface area contributed by atoms with Crippen LogP contribution in [0.1, 0.15) is 35.1 Å². The van der Waals surface area contributed by atoms with Crippen LogP contribution in [0.4, 0.5) is 5.95 Å². The Hall–Kier alpha value is -2.28. The second kappa shape index (κ2) is 5.73. The van der Waals surface area contributed by atoms with E-state index in [9.17, 15) is 13.2 Å². The van der Waals surface area contributed by atoms with E-state index in [4.69, 9.17) is 0 Å². The summed E-state index contributed by atoms with van der Waals surface area (Å²) in [6.45, 7) is 3.68. The van der Waals surface area contributed by atoms with E-state index in [1.807, 2.05) is 6.92 Å². The fourth-order valence-corrected chi connectivity index (χ4v) is 3.75. The van der Waals surface area contributed by atoms with Gasteiger partial charge in [0.15, 0.2) is 5.78 Å². The molecule has 120 valence electrons. The number of aryl methyl sites for hydroxylation is 1. The first-order valence-corrected chi connectivity index (χ1v) is 8.83. The lowest BCUT2D eigenvalue weighted by Gasteiger charge is -2.21. The van der Waals surface area contributed by atoms with Gasteiger partial charge in [-0.15, -0.1) is 0 Å². The number of benzene rings is 1. The summed E-state index contributed by atoms with van der Waals surface area (Å²) in [6, 6.07) is 8.03. The molecule has 0 saturated carbocycles. The number of Topliss-reactive ketones (excluding diaryl/α,β-unsaturated/α-hetero) is 1. The van der Waals surface area contributed by atoms with E-state index in [-0.39, 0.29) is 22.5 Å². The van der Waals surface area contributed by atoms with Crippen LogP contribution in [-0.2, 0) is 16.4 Å². The molecule has 6 nitrogen and oxygen atoms in total. The molecule has 1 atom stereocenters. The first kappa shape index (κ1) is 15.6. The van der Waals surface area contributed by atoms with E-state index in [1.165, 1.54) is 12.1 Å². The Bertz CT molecular complexity index is 864. The average molecular weight is 331 g/mol. The number of nitrogens with one attached hydrogen (secondary N) is 1. The van der Waals surface area contributed by atoms with Crippen LogP contribution in [-0.4, -0.2) is 24.2 Å². The highest BCUT2D eigenvalue weighted by molar-refractivity contribution is 7.92. The lowest BCUT2D eigenvalue weighted by molar-refractivity contribution is 0.0951. The zero-order valence-electron chi connectivity index (χ0n) is 12.9. The summed E-state index contributed by atoms with van der Waals surface area (Å²) in [5.41, 5.74) is 1.66. The van der Waals surface area contributed by atoms with Crippen LogP contribution in [0.3, 0.4) is 0 Å². The molecule has 1 aliphatic rings. The van der Waals surface area contributed by atoms with Crippen molar-refractivity contribution in [3.8, 4) is 0 Å². The maximum Gasteiger partial charge on any atom is 0.264 e. The van der Waals surface area contributed by atoms with Crippen LogP contribution in [0.2, 0.25) is 0 Å². The maximum absolute atomic E-state index is 12.4. The van der Waals surface area contributed by atoms with Gasteiger partial charge in [-0.05, 0) is 31.4 Å². The van der Waals surface area contributed by atoms with Gasteiger partial charge >= 0.3 is 0 Å². The van der Waals surface area contributed by atoms with Gasteiger partial charge in [-0.2, -0.15) is 0 Å². The van der Waals surface area contributed by atoms with Crippen LogP contribution in [0.25, 0.3) is 0 Å². The number of aromatic nitrogens is 2. The molecule has 0 radical (unpaired) electrons. The van der Waals surface area contributed by atoms with Gasteiger partial charge in [0.05, 0.1) is 21.8 Å². The molecule has 0 fully saturated rings. The molecule has 0 bridgehead atoms. The van der Waals surface area contributed by atoms with E-state index >= 15 is 0 Å². The summed E-state index contributed by atoms with van der Waals surface area (Å²) >= 11 is 0. The van der Waals surface area contributed by atoms with Crippen LogP contribution in [0.5, 0.6) is 0 Å². The highest BCUT2D eigenvalue weighted by Crippen LogP contribution is 2.27. The summed E-state index contributed by atoms with van der Waals surface area (Å²) in [5, 5.41) is 0. The van der Waals surface area contributed by atoms with Crippen molar-refractivity contribution in [3.63, 3.8) is 0 Å². The first-order valence-electron chi connectivity index (χ1n) is 7.35. The van der Waals surface area contributed by atoms with Crippen molar-refractivity contribution in [2.45, 2.75) is 31.6 Å². The minimum absolute atomic E-state index is 0.00648. The molecule has 0 saturated heterocycles. The number of hydrogen-bond acceptors (Lipinski definition) is 5. The van der Waals surface area contributed by atoms with Crippen molar-refractivity contribution >= 4 is 21.8 Å². The van der Waals surface area contributed by atoms with Crippen molar-refractivity contribution in [2.75, 3.05) is 4.72 Å². The van der Waals surface area contributed by atoms with E-state index in [0.717, 1.165) is 0 Å². The van der Waals surface area contributed by atoms with Crippen molar-refractivity contribution in [1.82, 2.24) is 9.97 Å². The van der Waals surface area contributed by atoms with E-state index in [0.29, 0.717) is 29.8 Å². The second-order valence-electron chi connectivity index (χ2n) is 5.81. The molecule has 1 aromatic heterocycles. The van der Waals surface area contributed by atoms with Gasteiger partial charge in [-0.1, -0.05) is 25.1 Å². The van der Waals surface area contributed by atoms with Gasteiger partial charge in [-0.3, -0.25) is 4.79 Å². The third kappa shape index (κ3) is 3.10. The molecular weight excluding hydrogens is 314 g/mol. The number of nitrogens with zero attached hydrogens (tertiary/aromatic N) is 2. The molecule has 3 rings (SSSR count). The Balaban J connectivity index is 1.98. The monoisotopic (exact) mass is 331 g/mol. The van der Waals surface area contributed by atoms with Crippen molar-refractivity contribution in [3.05, 3.63) is 47.3 Å². The van der Waals surface area contributed by atoms with Gasteiger partial charge in [0, 0.05) is 6.42 Å². The van der Waals surface area contributed by atoms with Crippen molar-refractivity contribution in [1.29, 1.82) is 0 Å². The number of carbonyl (C=O) groups is 1. The standard InChI is InChI=1S/C16H17N3O3S/c1-10-8-13-15(14(20)9-10)11(2)17-16(18-13)19-23(21,22)12-6-4-3-5-7-12/h3-7,10H,8-9H2,1-2H3,(H,17,18,19)/t10-/m0/s1. The summed E-state index contributed by atoms with van der Waals surface area (Å²) in [4.78, 5) is 20.7. The van der Waals surface area contributed by atoms with E-state index in [2.05, 4.69) is 14.7 Å². The molecule has 23 heavy (non-hydrogen) atoms. The fraction of sp³-hybridized carbons (Fsp3) is 0.312. The molecule has 0 unspecified atom stereocenters. The van der Waals surface area contributed by atoms with Crippen LogP contribution in [0.15, 0.2) is 35.2 Å². The predicted molar refractivity (Wildman–Crippen MR) is 85.8 cm³/mol. The molecule has 2 aromatic rings. The zero-order chi connectivity index (χ0) is 16.6. The molecule has 0 aliphatic heterocycles. The summed E-state index contributed by atoms with van der Waals surface area (Å²) in [5.74, 6) is 0.226. The third-order valence-corrected chi connectivity index (χ3v) is 5.14. The molecule has 1 aliphatic carbocycles. The van der Waals surface area contributed by atoms with Gasteiger partial charge in [-0.25, -0.2) is 23.1 Å². The topological polar surface area (TPSA) is 89.0 Å². The smallest absolute Gasteiger partial charge is 0.264 e. The highest BCUT2D eigenvalue weighted by atomic mass is 32.2. The van der Waals surface area contributed by atoms with Crippen LogP contribution in [0, 0.1) is 12.8 Å². The number of rotatable bonds is 3. The Labute approximate surface area is 135 Å². The molecule has 1 N–H and O–H groups in total. The zero-order valence-corrected chi connectivity index (χ0v) is 13.7. The number of anilines is 1. The second-order valence-corrected chi connectivity index (χ2v) is 7.49. The van der Waals surface area contributed by atoms with Crippen LogP contribution >= 0.6 is 0 Å². The normalized spacial score (nSPS) is 17.7. The Kier molecular flexibility index (Phi) is 3.89. The largest absolute Gasteiger partial charge is 0.294 e. The van der Waals surface area contributed by atoms with E-state index in [1.54, 1.807) is 25.1 Å². The average Bonchev–Trinajstić information content (AvgIpc) is 2.46. The SMILES string of the molecule is Cc1nc(NS(=O)(=O)c2ccccc2)nc2c1C(=O)C[C@@H](C)C2. The molecule has 0 spiro atoms. The lowest BCUT2D eigenvalue weighted by atomic mass is 9.86. The lowest BCUT2D eigenvalue weighted by Crippen LogP contribution is -2.23. The number of fused-ring (bicyclic) bond motifs is 1. The summed E-state index contributed by atoms with van der Waals surface area (Å²) in [6.07, 6.45) is 1.12. The molecule has 1 aromatic carbocycles. The van der Waals surface area contributed by atoms with Gasteiger partial charge in [0.25, 0.3) is 10.0 Å². The molecule has 7 heteroatoms. The van der Waals surface area contributed by atoms with E-state index < -0.39 is 10.0 Å².